The van der Waals surface area contributed by atoms with Crippen molar-refractivity contribution in [3.8, 4) is 40.1 Å². The van der Waals surface area contributed by atoms with Gasteiger partial charge in [-0.1, -0.05) is 239 Å². The van der Waals surface area contributed by atoms with Gasteiger partial charge in [-0.25, -0.2) is 0 Å². The van der Waals surface area contributed by atoms with E-state index in [2.05, 4.69) is 423 Å². The Morgan fingerprint density at radius 2 is 0.492 bits per heavy atom. The number of aromatic nitrogens is 3. The zero-order valence-electron chi connectivity index (χ0n) is 79.6. The average molecular weight is 1730 g/mol. The molecule has 16 aromatic rings. The molecule has 0 fully saturated rings. The third-order valence-electron chi connectivity index (χ3n) is 29.0. The Balaban J connectivity index is 0.811. The van der Waals surface area contributed by atoms with E-state index < -0.39 is 0 Å². The number of anilines is 8. The molecule has 1 N–H and O–H groups in total. The summed E-state index contributed by atoms with van der Waals surface area (Å²) in [7, 11) is 0. The maximum Gasteiger partial charge on any atom is 0.256 e. The zero-order valence-corrected chi connectivity index (χ0v) is 82.0. The van der Waals surface area contributed by atoms with E-state index in [0.29, 0.717) is 0 Å². The molecule has 15 heteroatoms. The standard InChI is InChI=1S/C113H116B3N7O2S3/c1-106(2,3)62-28-36-87-73(44-62)74-45-63(107(4,5)6)29-37-88(74)118(87)70-52-86-103-101(56-70)124-99-42-34-68(112(19,20)21)50-83(99)114(103)79-58-80-93(60-85(79)117-86)121(126-25)96-53-71(119-89-38-30-64(108(7,8)9)46-75(89)76-47-65(109(10,11)12)31-39-90(76)119)54-97-104(96)115(80)81-59-82-95(61-94(81)122(97)127-26)123(128-27)98-55-72(57-102-105(98)116(82)84-51-69(113(22,23)24)35-43-100(84)125-102)120-91-40-32-66(110(13,14)15)48-77(91)78-49-67(111(16,17)18)33-41-92(78)120/h28-61,117H,1-27H3. The number of fused-ring (bicyclic) bond motifs is 21. The molecule has 0 atom stereocenters. The van der Waals surface area contributed by atoms with Gasteiger partial charge < -0.3 is 28.5 Å². The smallest absolute Gasteiger partial charge is 0.256 e. The van der Waals surface area contributed by atoms with Crippen molar-refractivity contribution in [3.63, 3.8) is 0 Å². The second-order valence-electron chi connectivity index (χ2n) is 45.6. The van der Waals surface area contributed by atoms with Crippen LogP contribution in [0.3, 0.4) is 0 Å². The lowest BCUT2D eigenvalue weighted by atomic mass is 9.29. The fourth-order valence-corrected chi connectivity index (χ4v) is 23.9. The summed E-state index contributed by atoms with van der Waals surface area (Å²) in [5.41, 5.74) is 40.2. The van der Waals surface area contributed by atoms with E-state index in [-0.39, 0.29) is 63.5 Å². The van der Waals surface area contributed by atoms with Crippen LogP contribution in [-0.4, -0.2) is 52.6 Å². The van der Waals surface area contributed by atoms with Gasteiger partial charge >= 0.3 is 0 Å². The van der Waals surface area contributed by atoms with Crippen molar-refractivity contribution in [1.82, 2.24) is 13.7 Å². The van der Waals surface area contributed by atoms with Crippen LogP contribution < -0.4 is 76.9 Å². The summed E-state index contributed by atoms with van der Waals surface area (Å²) in [4.78, 5) is 0. The molecule has 0 radical (unpaired) electrons. The Morgan fingerprint density at radius 3 is 0.820 bits per heavy atom. The third-order valence-corrected chi connectivity index (χ3v) is 31.3. The molecule has 0 bridgehead atoms. The molecule has 6 aliphatic rings. The maximum absolute atomic E-state index is 7.62. The molecule has 9 heterocycles. The molecule has 22 rings (SSSR count). The minimum atomic E-state index is -0.251. The van der Waals surface area contributed by atoms with Gasteiger partial charge in [-0.3, -0.25) is 12.9 Å². The highest BCUT2D eigenvalue weighted by molar-refractivity contribution is 8.01. The van der Waals surface area contributed by atoms with Gasteiger partial charge in [-0.05, 0) is 294 Å². The molecule has 0 saturated heterocycles. The molecule has 6 aliphatic heterocycles. The first kappa shape index (κ1) is 83.0. The summed E-state index contributed by atoms with van der Waals surface area (Å²) in [5.74, 6) is 3.52. The third kappa shape index (κ3) is 12.5. The van der Waals surface area contributed by atoms with Crippen LogP contribution in [0.2, 0.25) is 0 Å². The SMILES string of the molecule is CSN1c2cc3c(cc2B2c4cc(C(C)(C)C)ccc4Oc4cc(-n5c6ccc(C(C)(C)C)cc6c6cc(C(C)(C)C)ccc65)cc1c42)B1c2cc4c(cc2N(SC)c2cc(-n5c6ccc(C(C)(C)C)cc6c6cc(C(C)(C)C)ccc65)cc(c21)N3SC)Nc1cc(-n2c3ccc(C(C)(C)C)cc3c3cc(C(C)(C)C)ccc32)cc2c1B4c1cc(C(C)(C)C)ccc1O2. The maximum atomic E-state index is 7.62. The van der Waals surface area contributed by atoms with Gasteiger partial charge in [-0.15, -0.1) is 0 Å². The largest absolute Gasteiger partial charge is 0.458 e. The number of rotatable bonds is 6. The molecule has 13 aromatic carbocycles. The first-order chi connectivity index (χ1) is 60.3. The minimum absolute atomic E-state index is 0.0486. The van der Waals surface area contributed by atoms with Crippen molar-refractivity contribution in [2.45, 2.75) is 209 Å². The van der Waals surface area contributed by atoms with Crippen molar-refractivity contribution in [2.75, 3.05) is 37.0 Å². The van der Waals surface area contributed by atoms with Crippen LogP contribution in [0.4, 0.5) is 45.5 Å². The zero-order chi connectivity index (χ0) is 89.9. The monoisotopic (exact) mass is 1730 g/mol. The Hall–Kier alpha value is -10.7. The molecule has 0 amide bonds. The summed E-state index contributed by atoms with van der Waals surface area (Å²) in [6.45, 7) is 55.4. The van der Waals surface area contributed by atoms with Gasteiger partial charge in [0, 0.05) is 91.7 Å². The number of hydrogen-bond donors (Lipinski definition) is 1. The molecule has 128 heavy (non-hydrogen) atoms. The van der Waals surface area contributed by atoms with Crippen LogP contribution in [0.15, 0.2) is 206 Å². The lowest BCUT2D eigenvalue weighted by molar-refractivity contribution is 0.486. The van der Waals surface area contributed by atoms with E-state index in [4.69, 9.17) is 9.47 Å². The second kappa shape index (κ2) is 27.7. The van der Waals surface area contributed by atoms with Crippen LogP contribution in [0.25, 0.3) is 82.5 Å². The van der Waals surface area contributed by atoms with Gasteiger partial charge in [0.25, 0.3) is 20.1 Å². The number of nitrogens with one attached hydrogen (secondary N) is 1. The number of nitrogens with zero attached hydrogens (tertiary/aromatic N) is 6. The van der Waals surface area contributed by atoms with E-state index in [1.807, 2.05) is 11.9 Å². The van der Waals surface area contributed by atoms with E-state index in [1.165, 1.54) is 176 Å². The van der Waals surface area contributed by atoms with Gasteiger partial charge in [-0.2, -0.15) is 0 Å². The highest BCUT2D eigenvalue weighted by atomic mass is 32.2. The van der Waals surface area contributed by atoms with Gasteiger partial charge in [0.15, 0.2) is 0 Å². The van der Waals surface area contributed by atoms with Crippen LogP contribution in [0.1, 0.15) is 211 Å². The minimum Gasteiger partial charge on any atom is -0.458 e. The number of hydrogen-bond acceptors (Lipinski definition) is 9. The first-order valence-corrected chi connectivity index (χ1v) is 49.5. The topological polar surface area (TPSA) is 55.0 Å². The molecule has 642 valence electrons. The molecular weight excluding hydrogens is 1620 g/mol. The van der Waals surface area contributed by atoms with E-state index in [9.17, 15) is 0 Å². The van der Waals surface area contributed by atoms with Crippen molar-refractivity contribution in [1.29, 1.82) is 0 Å². The first-order valence-electron chi connectivity index (χ1n) is 46.0. The Kier molecular flexibility index (Phi) is 17.9. The van der Waals surface area contributed by atoms with E-state index >= 15 is 0 Å². The van der Waals surface area contributed by atoms with Crippen LogP contribution >= 0.6 is 35.8 Å². The predicted molar refractivity (Wildman–Crippen MR) is 562 cm³/mol. The summed E-state index contributed by atoms with van der Waals surface area (Å²) < 4.78 is 30.5. The van der Waals surface area contributed by atoms with Crippen LogP contribution in [0, 0.1) is 0 Å². The normalized spacial score (nSPS) is 14.7. The Morgan fingerprint density at radius 1 is 0.227 bits per heavy atom. The summed E-state index contributed by atoms with van der Waals surface area (Å²) >= 11 is 5.39. The molecule has 0 spiro atoms. The molecule has 9 nitrogen and oxygen atoms in total. The Bertz CT molecular complexity index is 7360. The highest BCUT2D eigenvalue weighted by Crippen LogP contribution is 2.52. The summed E-state index contributed by atoms with van der Waals surface area (Å²) in [6, 6.07) is 82.6. The molecule has 0 saturated carbocycles. The molecule has 3 aromatic heterocycles. The van der Waals surface area contributed by atoms with Crippen LogP contribution in [0.5, 0.6) is 23.0 Å². The summed E-state index contributed by atoms with van der Waals surface area (Å²) in [5, 5.41) is 11.9. The fraction of sp³-hybridized carbons (Fsp3) is 0.310. The van der Waals surface area contributed by atoms with E-state index in [1.54, 1.807) is 23.9 Å². The highest BCUT2D eigenvalue weighted by Gasteiger charge is 2.51. The lowest BCUT2D eigenvalue weighted by Gasteiger charge is -2.45. The quantitative estimate of drug-likeness (QED) is 0.130. The van der Waals surface area contributed by atoms with Crippen LogP contribution in [-0.2, 0) is 43.3 Å². The predicted octanol–water partition coefficient (Wildman–Crippen LogP) is 25.4. The summed E-state index contributed by atoms with van der Waals surface area (Å²) in [6.07, 6.45) is 6.85. The average Bonchev–Trinajstić information content (AvgIpc) is 1.00. The molecular formula is C113H116B3N7O2S3. The number of ether oxygens (including phenoxy) is 2. The lowest BCUT2D eigenvalue weighted by Crippen LogP contribution is -2.65. The Labute approximate surface area is 770 Å². The number of benzene rings is 13. The second-order valence-corrected chi connectivity index (χ2v) is 47.8. The van der Waals surface area contributed by atoms with Crippen molar-refractivity contribution in [2.24, 2.45) is 0 Å². The van der Waals surface area contributed by atoms with Crippen molar-refractivity contribution >= 4 is 216 Å². The van der Waals surface area contributed by atoms with E-state index in [0.717, 1.165) is 68.3 Å². The fourth-order valence-electron chi connectivity index (χ4n) is 21.8. The van der Waals surface area contributed by atoms with Gasteiger partial charge in [0.1, 0.15) is 23.0 Å². The molecule has 0 aliphatic carbocycles. The van der Waals surface area contributed by atoms with Crippen molar-refractivity contribution in [3.05, 3.63) is 251 Å². The van der Waals surface area contributed by atoms with Gasteiger partial charge in [0.2, 0.25) is 0 Å². The molecule has 0 unspecified atom stereocenters. The van der Waals surface area contributed by atoms with Crippen molar-refractivity contribution < 1.29 is 9.47 Å². The van der Waals surface area contributed by atoms with Gasteiger partial charge in [0.05, 0.1) is 67.2 Å².